The number of rotatable bonds is 3. The first kappa shape index (κ1) is 17.1. The highest BCUT2D eigenvalue weighted by atomic mass is 35.5. The van der Waals surface area contributed by atoms with E-state index in [1.54, 1.807) is 37.3 Å². The van der Waals surface area contributed by atoms with Gasteiger partial charge in [0.1, 0.15) is 0 Å². The lowest BCUT2D eigenvalue weighted by atomic mass is 10.0. The number of halogens is 1. The molecule has 0 saturated heterocycles. The van der Waals surface area contributed by atoms with Crippen LogP contribution in [0.25, 0.3) is 16.8 Å². The van der Waals surface area contributed by atoms with Gasteiger partial charge in [-0.25, -0.2) is 4.98 Å². The topological polar surface area (TPSA) is 85.3 Å². The monoisotopic (exact) mass is 380 g/mol. The third-order valence-corrected chi connectivity index (χ3v) is 4.42. The minimum Gasteiger partial charge on any atom is -0.505 e. The van der Waals surface area contributed by atoms with E-state index in [2.05, 4.69) is 4.98 Å². The summed E-state index contributed by atoms with van der Waals surface area (Å²) in [5.41, 5.74) is 1.24. The quantitative estimate of drug-likeness (QED) is 0.545. The zero-order valence-corrected chi connectivity index (χ0v) is 14.9. The van der Waals surface area contributed by atoms with Gasteiger partial charge < -0.3 is 9.52 Å². The van der Waals surface area contributed by atoms with E-state index >= 15 is 0 Å². The zero-order chi connectivity index (χ0) is 19.1. The molecule has 2 heterocycles. The van der Waals surface area contributed by atoms with Gasteiger partial charge in [-0.1, -0.05) is 11.6 Å². The Balaban J connectivity index is 1.81. The van der Waals surface area contributed by atoms with Gasteiger partial charge in [0.05, 0.1) is 5.56 Å². The van der Waals surface area contributed by atoms with Crippen LogP contribution in [-0.2, 0) is 0 Å². The molecule has 1 N–H and O–H groups in total. The number of ketones is 1. The lowest BCUT2D eigenvalue weighted by Crippen LogP contribution is -2.18. The van der Waals surface area contributed by atoms with Crippen molar-refractivity contribution in [1.82, 2.24) is 9.55 Å². The van der Waals surface area contributed by atoms with Gasteiger partial charge in [0.2, 0.25) is 0 Å². The predicted octanol–water partition coefficient (Wildman–Crippen LogP) is 3.88. The van der Waals surface area contributed by atoms with Gasteiger partial charge in [-0.2, -0.15) is 0 Å². The van der Waals surface area contributed by atoms with Crippen LogP contribution >= 0.6 is 11.6 Å². The molecule has 2 aromatic carbocycles. The fraction of sp³-hybridized carbons (Fsp3) is 0.0500. The number of carbonyl (C=O) groups excluding carboxylic acids is 1. The van der Waals surface area contributed by atoms with Gasteiger partial charge >= 0.3 is 0 Å². The maximum atomic E-state index is 12.9. The average Bonchev–Trinajstić information content (AvgIpc) is 3.04. The van der Waals surface area contributed by atoms with Crippen molar-refractivity contribution < 1.29 is 14.3 Å². The summed E-state index contributed by atoms with van der Waals surface area (Å²) in [6.07, 6.45) is 1.44. The van der Waals surface area contributed by atoms with Crippen LogP contribution in [0, 0.1) is 6.92 Å². The Morgan fingerprint density at radius 2 is 1.85 bits per heavy atom. The standard InChI is InChI=1S/C20H13ClN2O4/c1-11-22-18-16(27-11)8-7-15(20(18)26)19(25)12-2-9-17(24)23(10-12)14-5-3-13(21)4-6-14/h2-10,26H,1H3. The molecule has 6 nitrogen and oxygen atoms in total. The molecule has 0 aliphatic carbocycles. The van der Waals surface area contributed by atoms with Gasteiger partial charge in [-0.3, -0.25) is 14.2 Å². The van der Waals surface area contributed by atoms with Crippen molar-refractivity contribution >= 4 is 28.5 Å². The Morgan fingerprint density at radius 3 is 2.59 bits per heavy atom. The molecule has 2 aromatic heterocycles. The molecule has 0 aliphatic rings. The summed E-state index contributed by atoms with van der Waals surface area (Å²) in [5.74, 6) is -0.294. The van der Waals surface area contributed by atoms with E-state index in [1.807, 2.05) is 0 Å². The number of nitrogens with zero attached hydrogens (tertiary/aromatic N) is 2. The number of aromatic nitrogens is 2. The fourth-order valence-corrected chi connectivity index (χ4v) is 2.98. The Hall–Kier alpha value is -3.38. The number of phenolic OH excluding ortho intramolecular Hbond substituents is 1. The van der Waals surface area contributed by atoms with Crippen molar-refractivity contribution in [2.75, 3.05) is 0 Å². The summed E-state index contributed by atoms with van der Waals surface area (Å²) in [6.45, 7) is 1.66. The van der Waals surface area contributed by atoms with Crippen molar-refractivity contribution in [3.05, 3.63) is 87.1 Å². The molecule has 4 rings (SSSR count). The van der Waals surface area contributed by atoms with Crippen LogP contribution in [0.15, 0.2) is 63.9 Å². The van der Waals surface area contributed by atoms with E-state index < -0.39 is 5.78 Å². The summed E-state index contributed by atoms with van der Waals surface area (Å²) in [6, 6.07) is 12.5. The van der Waals surface area contributed by atoms with Crippen LogP contribution in [0.4, 0.5) is 0 Å². The number of fused-ring (bicyclic) bond motifs is 1. The molecule has 0 amide bonds. The molecule has 0 radical (unpaired) electrons. The van der Waals surface area contributed by atoms with Crippen molar-refractivity contribution in [2.24, 2.45) is 0 Å². The number of benzene rings is 2. The second kappa shape index (κ2) is 6.41. The van der Waals surface area contributed by atoms with E-state index in [0.717, 1.165) is 0 Å². The first-order valence-electron chi connectivity index (χ1n) is 8.06. The van der Waals surface area contributed by atoms with Gasteiger partial charge in [0.15, 0.2) is 28.5 Å². The van der Waals surface area contributed by atoms with Crippen LogP contribution in [0.3, 0.4) is 0 Å². The van der Waals surface area contributed by atoms with Gasteiger partial charge in [-0.05, 0) is 42.5 Å². The van der Waals surface area contributed by atoms with Gasteiger partial charge in [0.25, 0.3) is 5.56 Å². The maximum Gasteiger partial charge on any atom is 0.255 e. The second-order valence-electron chi connectivity index (χ2n) is 5.97. The zero-order valence-electron chi connectivity index (χ0n) is 14.1. The Bertz CT molecular complexity index is 1240. The Kier molecular flexibility index (Phi) is 4.05. The first-order chi connectivity index (χ1) is 12.9. The number of hydrogen-bond acceptors (Lipinski definition) is 5. The number of phenols is 1. The maximum absolute atomic E-state index is 12.9. The van der Waals surface area contributed by atoms with Crippen molar-refractivity contribution in [3.63, 3.8) is 0 Å². The molecule has 7 heteroatoms. The smallest absolute Gasteiger partial charge is 0.255 e. The molecule has 0 bridgehead atoms. The Labute approximate surface area is 158 Å². The molecule has 27 heavy (non-hydrogen) atoms. The molecule has 134 valence electrons. The highest BCUT2D eigenvalue weighted by Crippen LogP contribution is 2.30. The van der Waals surface area contributed by atoms with Crippen molar-refractivity contribution in [2.45, 2.75) is 6.92 Å². The highest BCUT2D eigenvalue weighted by molar-refractivity contribution is 6.30. The lowest BCUT2D eigenvalue weighted by Gasteiger charge is -2.09. The SMILES string of the molecule is Cc1nc2c(O)c(C(=O)c3ccc(=O)n(-c4ccc(Cl)cc4)c3)ccc2o1. The van der Waals surface area contributed by atoms with Crippen LogP contribution in [-0.4, -0.2) is 20.4 Å². The predicted molar refractivity (Wildman–Crippen MR) is 101 cm³/mol. The number of aryl methyl sites for hydroxylation is 1. The molecule has 0 fully saturated rings. The van der Waals surface area contributed by atoms with E-state index in [9.17, 15) is 14.7 Å². The summed E-state index contributed by atoms with van der Waals surface area (Å²) >= 11 is 5.88. The van der Waals surface area contributed by atoms with E-state index in [-0.39, 0.29) is 28.0 Å². The first-order valence-corrected chi connectivity index (χ1v) is 8.44. The van der Waals surface area contributed by atoms with E-state index in [1.165, 1.54) is 29.0 Å². The molecular formula is C20H13ClN2O4. The van der Waals surface area contributed by atoms with Crippen molar-refractivity contribution in [1.29, 1.82) is 0 Å². The van der Waals surface area contributed by atoms with Crippen molar-refractivity contribution in [3.8, 4) is 11.4 Å². The van der Waals surface area contributed by atoms with Gasteiger partial charge in [-0.15, -0.1) is 0 Å². The van der Waals surface area contributed by atoms with Gasteiger partial charge in [0, 0.05) is 35.5 Å². The Morgan fingerprint density at radius 1 is 1.11 bits per heavy atom. The number of carbonyl (C=O) groups is 1. The third kappa shape index (κ3) is 3.00. The minimum atomic E-state index is -0.433. The average molecular weight is 381 g/mol. The number of oxazole rings is 1. The molecular weight excluding hydrogens is 368 g/mol. The van der Waals surface area contributed by atoms with Crippen LogP contribution in [0.2, 0.25) is 5.02 Å². The molecule has 0 spiro atoms. The van der Waals surface area contributed by atoms with Crippen LogP contribution < -0.4 is 5.56 Å². The van der Waals surface area contributed by atoms with Crippen LogP contribution in [0.1, 0.15) is 21.8 Å². The molecule has 0 saturated carbocycles. The molecule has 0 unspecified atom stereocenters. The van der Waals surface area contributed by atoms with Crippen LogP contribution in [0.5, 0.6) is 5.75 Å². The summed E-state index contributed by atoms with van der Waals surface area (Å²) in [5, 5.41) is 11.0. The second-order valence-corrected chi connectivity index (χ2v) is 6.41. The highest BCUT2D eigenvalue weighted by Gasteiger charge is 2.19. The van der Waals surface area contributed by atoms with E-state index in [0.29, 0.717) is 22.2 Å². The number of aromatic hydroxyl groups is 1. The fourth-order valence-electron chi connectivity index (χ4n) is 2.85. The molecule has 4 aromatic rings. The number of hydrogen-bond donors (Lipinski definition) is 1. The lowest BCUT2D eigenvalue weighted by molar-refractivity contribution is 0.103. The number of pyridine rings is 1. The molecule has 0 atom stereocenters. The van der Waals surface area contributed by atoms with E-state index in [4.69, 9.17) is 16.0 Å². The summed E-state index contributed by atoms with van der Waals surface area (Å²) in [4.78, 5) is 29.2. The largest absolute Gasteiger partial charge is 0.505 e. The normalized spacial score (nSPS) is 11.0. The third-order valence-electron chi connectivity index (χ3n) is 4.16. The summed E-state index contributed by atoms with van der Waals surface area (Å²) in [7, 11) is 0. The summed E-state index contributed by atoms with van der Waals surface area (Å²) < 4.78 is 6.70. The minimum absolute atomic E-state index is 0.0807. The molecule has 0 aliphatic heterocycles.